The summed E-state index contributed by atoms with van der Waals surface area (Å²) in [5, 5.41) is 0. The van der Waals surface area contributed by atoms with Crippen molar-refractivity contribution in [3.8, 4) is 0 Å². The Hall–Kier alpha value is -1.18. The molecule has 2 N–H and O–H groups in total. The maximum Gasteiger partial charge on any atom is 0.246 e. The van der Waals surface area contributed by atoms with Gasteiger partial charge in [0.2, 0.25) is 10.0 Å². The summed E-state index contributed by atoms with van der Waals surface area (Å²) >= 11 is 3.04. The van der Waals surface area contributed by atoms with Crippen LogP contribution in [0.4, 0.5) is 10.1 Å². The highest BCUT2D eigenvalue weighted by molar-refractivity contribution is 9.10. The van der Waals surface area contributed by atoms with E-state index in [-0.39, 0.29) is 18.8 Å². The van der Waals surface area contributed by atoms with Crippen LogP contribution in [-0.2, 0) is 10.0 Å². The van der Waals surface area contributed by atoms with E-state index in [1.165, 1.54) is 12.2 Å². The number of rotatable bonds is 6. The van der Waals surface area contributed by atoms with E-state index in [1.54, 1.807) is 0 Å². The number of anilines is 1. The van der Waals surface area contributed by atoms with Gasteiger partial charge in [-0.1, -0.05) is 12.2 Å². The molecule has 0 aliphatic carbocycles. The fourth-order valence-electron chi connectivity index (χ4n) is 1.44. The van der Waals surface area contributed by atoms with Crippen molar-refractivity contribution in [3.05, 3.63) is 47.7 Å². The third-order valence-corrected chi connectivity index (χ3v) is 4.87. The molecule has 0 heterocycles. The van der Waals surface area contributed by atoms with Crippen molar-refractivity contribution in [3.63, 3.8) is 0 Å². The molecule has 0 atom stereocenters. The first-order chi connectivity index (χ1) is 8.84. The van der Waals surface area contributed by atoms with Crippen LogP contribution in [0.2, 0.25) is 0 Å². The summed E-state index contributed by atoms with van der Waals surface area (Å²) in [6.07, 6.45) is 2.84. The molecule has 0 radical (unpaired) electrons. The number of benzene rings is 1. The average molecular weight is 349 g/mol. The molecule has 104 valence electrons. The lowest BCUT2D eigenvalue weighted by Gasteiger charge is -2.19. The predicted molar refractivity (Wildman–Crippen MR) is 77.7 cm³/mol. The van der Waals surface area contributed by atoms with E-state index in [1.807, 2.05) is 0 Å². The molecule has 0 aliphatic rings. The Kier molecular flexibility index (Phi) is 5.28. The lowest BCUT2D eigenvalue weighted by atomic mass is 10.3. The summed E-state index contributed by atoms with van der Waals surface area (Å²) in [7, 11) is -3.98. The summed E-state index contributed by atoms with van der Waals surface area (Å²) in [6.45, 7) is 7.07. The quantitative estimate of drug-likeness (QED) is 0.634. The van der Waals surface area contributed by atoms with Crippen LogP contribution < -0.4 is 5.73 Å². The molecule has 7 heteroatoms. The average Bonchev–Trinajstić information content (AvgIpc) is 2.33. The number of hydrogen-bond acceptors (Lipinski definition) is 3. The molecule has 1 aromatic carbocycles. The van der Waals surface area contributed by atoms with Gasteiger partial charge < -0.3 is 5.73 Å². The van der Waals surface area contributed by atoms with Crippen molar-refractivity contribution in [2.75, 3.05) is 18.8 Å². The second-order valence-electron chi connectivity index (χ2n) is 3.70. The van der Waals surface area contributed by atoms with E-state index >= 15 is 0 Å². The monoisotopic (exact) mass is 348 g/mol. The van der Waals surface area contributed by atoms with Gasteiger partial charge in [0.05, 0.1) is 0 Å². The molecule has 1 rings (SSSR count). The lowest BCUT2D eigenvalue weighted by molar-refractivity contribution is 0.467. The van der Waals surface area contributed by atoms with Crippen LogP contribution in [0.15, 0.2) is 46.8 Å². The van der Waals surface area contributed by atoms with Gasteiger partial charge in [0.1, 0.15) is 10.7 Å². The first kappa shape index (κ1) is 15.9. The molecule has 0 saturated heterocycles. The van der Waals surface area contributed by atoms with Crippen LogP contribution in [0, 0.1) is 5.82 Å². The van der Waals surface area contributed by atoms with Crippen LogP contribution in [0.25, 0.3) is 0 Å². The van der Waals surface area contributed by atoms with Gasteiger partial charge in [-0.25, -0.2) is 12.8 Å². The smallest absolute Gasteiger partial charge is 0.246 e. The fraction of sp³-hybridized carbons (Fsp3) is 0.167. The van der Waals surface area contributed by atoms with Crippen LogP contribution in [-0.4, -0.2) is 25.8 Å². The van der Waals surface area contributed by atoms with Crippen LogP contribution in [0.5, 0.6) is 0 Å². The number of nitrogens with two attached hydrogens (primary N) is 1. The Bertz CT molecular complexity index is 592. The molecule has 4 nitrogen and oxygen atoms in total. The molecule has 19 heavy (non-hydrogen) atoms. The third kappa shape index (κ3) is 3.43. The zero-order valence-corrected chi connectivity index (χ0v) is 12.5. The molecule has 1 aromatic rings. The first-order valence-corrected chi connectivity index (χ1v) is 7.54. The van der Waals surface area contributed by atoms with Crippen molar-refractivity contribution in [1.82, 2.24) is 4.31 Å². The van der Waals surface area contributed by atoms with Crippen molar-refractivity contribution in [1.29, 1.82) is 0 Å². The zero-order valence-electron chi connectivity index (χ0n) is 10.1. The van der Waals surface area contributed by atoms with Gasteiger partial charge >= 0.3 is 0 Å². The first-order valence-electron chi connectivity index (χ1n) is 5.31. The molecular weight excluding hydrogens is 335 g/mol. The molecule has 0 aromatic heterocycles. The van der Waals surface area contributed by atoms with E-state index in [9.17, 15) is 12.8 Å². The molecule has 0 bridgehead atoms. The van der Waals surface area contributed by atoms with Gasteiger partial charge in [-0.15, -0.1) is 13.2 Å². The van der Waals surface area contributed by atoms with E-state index in [2.05, 4.69) is 29.1 Å². The summed E-state index contributed by atoms with van der Waals surface area (Å²) in [5.74, 6) is -0.862. The molecular formula is C12H14BrFN2O2S. The second kappa shape index (κ2) is 6.31. The highest BCUT2D eigenvalue weighted by Gasteiger charge is 2.26. The second-order valence-corrected chi connectivity index (χ2v) is 6.46. The highest BCUT2D eigenvalue weighted by Crippen LogP contribution is 2.28. The summed E-state index contributed by atoms with van der Waals surface area (Å²) in [6, 6.07) is 2.12. The molecule has 0 amide bonds. The molecule has 0 unspecified atom stereocenters. The van der Waals surface area contributed by atoms with Crippen molar-refractivity contribution in [2.24, 2.45) is 0 Å². The van der Waals surface area contributed by atoms with Gasteiger partial charge in [-0.2, -0.15) is 4.31 Å². The van der Waals surface area contributed by atoms with Crippen molar-refractivity contribution in [2.45, 2.75) is 4.90 Å². The van der Waals surface area contributed by atoms with Gasteiger partial charge in [-0.3, -0.25) is 0 Å². The number of hydrogen-bond donors (Lipinski definition) is 1. The number of halogens is 2. The van der Waals surface area contributed by atoms with Gasteiger partial charge in [0, 0.05) is 23.2 Å². The van der Waals surface area contributed by atoms with Gasteiger partial charge in [0.25, 0.3) is 0 Å². The molecule has 0 saturated carbocycles. The van der Waals surface area contributed by atoms with Crippen LogP contribution >= 0.6 is 15.9 Å². The highest BCUT2D eigenvalue weighted by atomic mass is 79.9. The minimum atomic E-state index is -3.98. The third-order valence-electron chi connectivity index (χ3n) is 2.33. The van der Waals surface area contributed by atoms with Gasteiger partial charge in [0.15, 0.2) is 0 Å². The maximum absolute atomic E-state index is 13.8. The van der Waals surface area contributed by atoms with Crippen LogP contribution in [0.1, 0.15) is 0 Å². The van der Waals surface area contributed by atoms with E-state index in [4.69, 9.17) is 5.73 Å². The molecule has 0 spiro atoms. The SMILES string of the molecule is C=CCN(CC=C)S(=O)(=O)c1cc(N)c(Br)cc1F. The zero-order chi connectivity index (χ0) is 14.6. The normalized spacial score (nSPS) is 11.5. The summed E-state index contributed by atoms with van der Waals surface area (Å²) in [5.41, 5.74) is 5.75. The van der Waals surface area contributed by atoms with Crippen molar-refractivity contribution >= 4 is 31.6 Å². The predicted octanol–water partition coefficient (Wildman–Crippen LogP) is 2.53. The van der Waals surface area contributed by atoms with E-state index < -0.39 is 20.7 Å². The Balaban J connectivity index is 3.36. The minimum absolute atomic E-state index is 0.0593. The largest absolute Gasteiger partial charge is 0.398 e. The Morgan fingerprint density at radius 1 is 1.32 bits per heavy atom. The maximum atomic E-state index is 13.8. The molecule has 0 fully saturated rings. The Labute approximate surface area is 120 Å². The Morgan fingerprint density at radius 3 is 2.32 bits per heavy atom. The number of sulfonamides is 1. The fourth-order valence-corrected chi connectivity index (χ4v) is 3.22. The Morgan fingerprint density at radius 2 is 1.84 bits per heavy atom. The standard InChI is InChI=1S/C12H14BrFN2O2S/c1-3-5-16(6-4-2)19(17,18)12-8-11(15)9(13)7-10(12)14/h3-4,7-8H,1-2,5-6,15H2. The number of nitrogen functional groups attached to an aromatic ring is 1. The molecule has 0 aliphatic heterocycles. The summed E-state index contributed by atoms with van der Waals surface area (Å²) in [4.78, 5) is -0.461. The van der Waals surface area contributed by atoms with Gasteiger partial charge in [-0.05, 0) is 28.1 Å². The van der Waals surface area contributed by atoms with Crippen LogP contribution in [0.3, 0.4) is 0 Å². The lowest BCUT2D eigenvalue weighted by Crippen LogP contribution is -2.32. The van der Waals surface area contributed by atoms with E-state index in [0.29, 0.717) is 4.47 Å². The number of nitrogens with zero attached hydrogens (tertiary/aromatic N) is 1. The minimum Gasteiger partial charge on any atom is -0.398 e. The topological polar surface area (TPSA) is 63.4 Å². The summed E-state index contributed by atoms with van der Waals surface area (Å²) < 4.78 is 39.8. The van der Waals surface area contributed by atoms with E-state index in [0.717, 1.165) is 16.4 Å². The van der Waals surface area contributed by atoms with Crippen molar-refractivity contribution < 1.29 is 12.8 Å².